The van der Waals surface area contributed by atoms with Gasteiger partial charge in [-0.05, 0) is 62.7 Å². The lowest BCUT2D eigenvalue weighted by atomic mass is 9.84. The molecule has 0 radical (unpaired) electrons. The molecular weight excluding hydrogens is 308 g/mol. The fourth-order valence-corrected chi connectivity index (χ4v) is 3.57. The quantitative estimate of drug-likeness (QED) is 0.904. The van der Waals surface area contributed by atoms with Gasteiger partial charge in [0.05, 0.1) is 5.69 Å². The summed E-state index contributed by atoms with van der Waals surface area (Å²) in [4.78, 5) is 6.88. The van der Waals surface area contributed by atoms with Gasteiger partial charge in [0.1, 0.15) is 5.60 Å². The van der Waals surface area contributed by atoms with E-state index in [1.807, 2.05) is 42.5 Å². The van der Waals surface area contributed by atoms with E-state index in [1.165, 1.54) is 12.8 Å². The summed E-state index contributed by atoms with van der Waals surface area (Å²) in [5, 5.41) is 12.2. The van der Waals surface area contributed by atoms with Crippen molar-refractivity contribution in [3.05, 3.63) is 64.9 Å². The zero-order chi connectivity index (χ0) is 16.3. The molecule has 2 atom stereocenters. The van der Waals surface area contributed by atoms with Crippen LogP contribution in [0.5, 0.6) is 0 Å². The summed E-state index contributed by atoms with van der Waals surface area (Å²) < 4.78 is 0. The highest BCUT2D eigenvalue weighted by atomic mass is 35.5. The second-order valence-electron chi connectivity index (χ2n) is 6.38. The molecule has 23 heavy (non-hydrogen) atoms. The molecule has 1 N–H and O–H groups in total. The van der Waals surface area contributed by atoms with Crippen molar-refractivity contribution < 1.29 is 5.11 Å². The molecule has 1 aromatic heterocycles. The van der Waals surface area contributed by atoms with Gasteiger partial charge in [0.25, 0.3) is 0 Å². The molecule has 3 rings (SSSR count). The number of aliphatic hydroxyl groups is 1. The molecule has 0 saturated carbocycles. The number of halogens is 1. The Hall–Kier alpha value is -1.42. The molecule has 0 spiro atoms. The third-order valence-electron chi connectivity index (χ3n) is 4.77. The van der Waals surface area contributed by atoms with Crippen molar-refractivity contribution in [2.75, 3.05) is 13.1 Å². The Labute approximate surface area is 142 Å². The van der Waals surface area contributed by atoms with E-state index in [1.54, 1.807) is 6.20 Å². The van der Waals surface area contributed by atoms with E-state index < -0.39 is 5.60 Å². The zero-order valence-electron chi connectivity index (χ0n) is 13.5. The van der Waals surface area contributed by atoms with Gasteiger partial charge in [0.15, 0.2) is 0 Å². The molecule has 0 amide bonds. The lowest BCUT2D eigenvalue weighted by Crippen LogP contribution is -2.39. The van der Waals surface area contributed by atoms with Gasteiger partial charge in [-0.15, -0.1) is 0 Å². The highest BCUT2D eigenvalue weighted by molar-refractivity contribution is 6.30. The molecular formula is C19H23ClN2O. The predicted molar refractivity (Wildman–Crippen MR) is 93.6 cm³/mol. The minimum absolute atomic E-state index is 0.292. The summed E-state index contributed by atoms with van der Waals surface area (Å²) in [7, 11) is 0. The van der Waals surface area contributed by atoms with Gasteiger partial charge in [-0.25, -0.2) is 0 Å². The van der Waals surface area contributed by atoms with Crippen LogP contribution < -0.4 is 0 Å². The van der Waals surface area contributed by atoms with E-state index in [0.717, 1.165) is 18.7 Å². The molecule has 2 heterocycles. The monoisotopic (exact) mass is 330 g/mol. The Morgan fingerprint density at radius 2 is 1.87 bits per heavy atom. The van der Waals surface area contributed by atoms with Crippen LogP contribution in [0.1, 0.15) is 37.4 Å². The van der Waals surface area contributed by atoms with E-state index >= 15 is 0 Å². The number of rotatable bonds is 5. The SMILES string of the molecule is CC(CC(O)(c1ccc(Cl)cc1)c1ccccn1)N1CCCC1. The number of aromatic nitrogens is 1. The van der Waals surface area contributed by atoms with E-state index in [2.05, 4.69) is 16.8 Å². The summed E-state index contributed by atoms with van der Waals surface area (Å²) in [6, 6.07) is 13.4. The summed E-state index contributed by atoms with van der Waals surface area (Å²) in [6.45, 7) is 4.41. The van der Waals surface area contributed by atoms with Crippen molar-refractivity contribution in [1.82, 2.24) is 9.88 Å². The van der Waals surface area contributed by atoms with Crippen molar-refractivity contribution in [3.63, 3.8) is 0 Å². The lowest BCUT2D eigenvalue weighted by Gasteiger charge is -2.34. The van der Waals surface area contributed by atoms with Gasteiger partial charge in [-0.1, -0.05) is 29.8 Å². The first-order chi connectivity index (χ1) is 11.1. The van der Waals surface area contributed by atoms with Crippen molar-refractivity contribution in [1.29, 1.82) is 0 Å². The number of pyridine rings is 1. The molecule has 2 unspecified atom stereocenters. The van der Waals surface area contributed by atoms with Crippen LogP contribution in [0.2, 0.25) is 5.02 Å². The maximum absolute atomic E-state index is 11.5. The van der Waals surface area contributed by atoms with Crippen molar-refractivity contribution in [2.24, 2.45) is 0 Å². The Kier molecular flexibility index (Phi) is 5.00. The number of likely N-dealkylation sites (tertiary alicyclic amines) is 1. The van der Waals surface area contributed by atoms with Gasteiger partial charge in [0.2, 0.25) is 0 Å². The van der Waals surface area contributed by atoms with Crippen LogP contribution in [-0.4, -0.2) is 34.1 Å². The Bertz CT molecular complexity index is 626. The third kappa shape index (κ3) is 3.57. The van der Waals surface area contributed by atoms with Gasteiger partial charge < -0.3 is 10.0 Å². The molecule has 122 valence electrons. The second-order valence-corrected chi connectivity index (χ2v) is 6.81. The molecule has 1 aromatic carbocycles. The number of hydrogen-bond acceptors (Lipinski definition) is 3. The fraction of sp³-hybridized carbons (Fsp3) is 0.421. The highest BCUT2D eigenvalue weighted by Gasteiger charge is 2.36. The van der Waals surface area contributed by atoms with Gasteiger partial charge in [0, 0.05) is 23.7 Å². The van der Waals surface area contributed by atoms with Gasteiger partial charge >= 0.3 is 0 Å². The maximum Gasteiger partial charge on any atom is 0.133 e. The lowest BCUT2D eigenvalue weighted by molar-refractivity contribution is 0.0379. The maximum atomic E-state index is 11.5. The minimum atomic E-state index is -1.10. The second kappa shape index (κ2) is 7.00. The fourth-order valence-electron chi connectivity index (χ4n) is 3.44. The van der Waals surface area contributed by atoms with Crippen LogP contribution >= 0.6 is 11.6 Å². The molecule has 1 aliphatic rings. The van der Waals surface area contributed by atoms with Crippen LogP contribution in [0.3, 0.4) is 0 Å². The third-order valence-corrected chi connectivity index (χ3v) is 5.02. The zero-order valence-corrected chi connectivity index (χ0v) is 14.2. The largest absolute Gasteiger partial charge is 0.379 e. The Morgan fingerprint density at radius 3 is 2.48 bits per heavy atom. The molecule has 0 aliphatic carbocycles. The van der Waals surface area contributed by atoms with E-state index in [0.29, 0.717) is 23.2 Å². The first-order valence-corrected chi connectivity index (χ1v) is 8.61. The molecule has 4 heteroatoms. The average Bonchev–Trinajstić information content (AvgIpc) is 3.11. The van der Waals surface area contributed by atoms with E-state index in [9.17, 15) is 5.11 Å². The predicted octanol–water partition coefficient (Wildman–Crippen LogP) is 3.85. The molecule has 1 fully saturated rings. The smallest absolute Gasteiger partial charge is 0.133 e. The summed E-state index contributed by atoms with van der Waals surface area (Å²) in [5.74, 6) is 0. The molecule has 1 aliphatic heterocycles. The summed E-state index contributed by atoms with van der Waals surface area (Å²) >= 11 is 6.01. The molecule has 3 nitrogen and oxygen atoms in total. The van der Waals surface area contributed by atoms with Crippen LogP contribution in [0.15, 0.2) is 48.7 Å². The van der Waals surface area contributed by atoms with Crippen LogP contribution in [-0.2, 0) is 5.60 Å². The van der Waals surface area contributed by atoms with E-state index in [-0.39, 0.29) is 0 Å². The van der Waals surface area contributed by atoms with Crippen LogP contribution in [0.25, 0.3) is 0 Å². The first kappa shape index (κ1) is 16.4. The van der Waals surface area contributed by atoms with Crippen molar-refractivity contribution in [2.45, 2.75) is 37.8 Å². The summed E-state index contributed by atoms with van der Waals surface area (Å²) in [6.07, 6.45) is 4.84. The van der Waals surface area contributed by atoms with Crippen molar-refractivity contribution in [3.8, 4) is 0 Å². The Morgan fingerprint density at radius 1 is 1.17 bits per heavy atom. The van der Waals surface area contributed by atoms with Crippen LogP contribution in [0, 0.1) is 0 Å². The molecule has 1 saturated heterocycles. The first-order valence-electron chi connectivity index (χ1n) is 8.23. The standard InChI is InChI=1S/C19H23ClN2O/c1-15(22-12-4-5-13-22)14-19(23,18-6-2-3-11-21-18)16-7-9-17(20)10-8-16/h2-3,6-11,15,23H,4-5,12-14H2,1H3. The summed E-state index contributed by atoms with van der Waals surface area (Å²) in [5.41, 5.74) is 0.424. The Balaban J connectivity index is 1.94. The molecule has 0 bridgehead atoms. The van der Waals surface area contributed by atoms with Gasteiger partial charge in [-0.3, -0.25) is 4.98 Å². The minimum Gasteiger partial charge on any atom is -0.379 e. The topological polar surface area (TPSA) is 36.4 Å². The average molecular weight is 331 g/mol. The van der Waals surface area contributed by atoms with Crippen LogP contribution in [0.4, 0.5) is 0 Å². The number of benzene rings is 1. The van der Waals surface area contributed by atoms with Crippen molar-refractivity contribution >= 4 is 11.6 Å². The number of nitrogens with zero attached hydrogens (tertiary/aromatic N) is 2. The highest BCUT2D eigenvalue weighted by Crippen LogP contribution is 2.35. The molecule has 2 aromatic rings. The van der Waals surface area contributed by atoms with E-state index in [4.69, 9.17) is 11.6 Å². The normalized spacial score (nSPS) is 19.4. The number of hydrogen-bond donors (Lipinski definition) is 1. The van der Waals surface area contributed by atoms with Gasteiger partial charge in [-0.2, -0.15) is 0 Å².